The molecule has 0 bridgehead atoms. The normalized spacial score (nSPS) is 13.1. The van der Waals surface area contributed by atoms with Crippen molar-refractivity contribution in [1.82, 2.24) is 4.72 Å². The van der Waals surface area contributed by atoms with E-state index in [0.717, 1.165) is 0 Å². The molecular formula is C11H16N2O4S. The van der Waals surface area contributed by atoms with E-state index in [1.165, 1.54) is 25.3 Å². The molecule has 0 aliphatic heterocycles. The number of hydrogen-bond acceptors (Lipinski definition) is 5. The van der Waals surface area contributed by atoms with Crippen LogP contribution in [0.4, 0.5) is 0 Å². The van der Waals surface area contributed by atoms with Crippen LogP contribution in [0.1, 0.15) is 17.3 Å². The summed E-state index contributed by atoms with van der Waals surface area (Å²) in [4.78, 5) is 11.4. The van der Waals surface area contributed by atoms with E-state index in [1.54, 1.807) is 13.0 Å². The first-order valence-electron chi connectivity index (χ1n) is 5.32. The third-order valence-corrected chi connectivity index (χ3v) is 3.94. The number of nitrogens with one attached hydrogen (secondary N) is 1. The van der Waals surface area contributed by atoms with Gasteiger partial charge in [0.15, 0.2) is 0 Å². The van der Waals surface area contributed by atoms with Gasteiger partial charge in [-0.25, -0.2) is 17.9 Å². The van der Waals surface area contributed by atoms with Gasteiger partial charge in [-0.15, -0.1) is 0 Å². The number of sulfonamides is 1. The minimum atomic E-state index is -3.79. The van der Waals surface area contributed by atoms with Gasteiger partial charge >= 0.3 is 5.97 Å². The predicted molar refractivity (Wildman–Crippen MR) is 66.6 cm³/mol. The summed E-state index contributed by atoms with van der Waals surface area (Å²) in [6.07, 6.45) is 0. The lowest BCUT2D eigenvalue weighted by molar-refractivity contribution is 0.0596. The monoisotopic (exact) mass is 272 g/mol. The highest BCUT2D eigenvalue weighted by atomic mass is 32.2. The molecule has 1 aromatic carbocycles. The third kappa shape index (κ3) is 3.28. The zero-order chi connectivity index (χ0) is 13.8. The first-order valence-corrected chi connectivity index (χ1v) is 6.80. The number of hydrogen-bond donors (Lipinski definition) is 2. The minimum Gasteiger partial charge on any atom is -0.465 e. The fourth-order valence-electron chi connectivity index (χ4n) is 1.36. The third-order valence-electron chi connectivity index (χ3n) is 2.29. The van der Waals surface area contributed by atoms with Crippen LogP contribution in [0.3, 0.4) is 0 Å². The van der Waals surface area contributed by atoms with E-state index in [1.807, 2.05) is 0 Å². The Kier molecular flexibility index (Phi) is 4.83. The van der Waals surface area contributed by atoms with Gasteiger partial charge in [-0.2, -0.15) is 0 Å². The van der Waals surface area contributed by atoms with Gasteiger partial charge in [0.25, 0.3) is 0 Å². The Labute approximate surface area is 106 Å². The minimum absolute atomic E-state index is 0.00304. The van der Waals surface area contributed by atoms with E-state index in [2.05, 4.69) is 9.46 Å². The Morgan fingerprint density at radius 2 is 2.06 bits per heavy atom. The largest absolute Gasteiger partial charge is 0.465 e. The predicted octanol–water partition coefficient (Wildman–Crippen LogP) is 0.0987. The summed E-state index contributed by atoms with van der Waals surface area (Å²) in [6.45, 7) is 1.80. The SMILES string of the molecule is COC(=O)c1ccccc1S(=O)(=O)N[C@H](C)CN. The van der Waals surface area contributed by atoms with Crippen molar-refractivity contribution in [3.8, 4) is 0 Å². The Hall–Kier alpha value is -1.44. The molecule has 3 N–H and O–H groups in total. The molecule has 18 heavy (non-hydrogen) atoms. The molecule has 0 aromatic heterocycles. The van der Waals surface area contributed by atoms with E-state index in [9.17, 15) is 13.2 Å². The summed E-state index contributed by atoms with van der Waals surface area (Å²) in [5, 5.41) is 0. The molecule has 0 radical (unpaired) electrons. The molecule has 6 nitrogen and oxygen atoms in total. The van der Waals surface area contributed by atoms with Crippen LogP contribution in [-0.2, 0) is 14.8 Å². The van der Waals surface area contributed by atoms with Crippen molar-refractivity contribution in [3.63, 3.8) is 0 Å². The summed E-state index contributed by atoms with van der Waals surface area (Å²) < 4.78 is 31.1. The van der Waals surface area contributed by atoms with Crippen molar-refractivity contribution in [3.05, 3.63) is 29.8 Å². The molecular weight excluding hydrogens is 256 g/mol. The van der Waals surface area contributed by atoms with Gasteiger partial charge in [0.2, 0.25) is 10.0 Å². The molecule has 1 aromatic rings. The van der Waals surface area contributed by atoms with Crippen LogP contribution < -0.4 is 10.5 Å². The van der Waals surface area contributed by atoms with Crippen molar-refractivity contribution in [2.45, 2.75) is 17.9 Å². The maximum Gasteiger partial charge on any atom is 0.339 e. The highest BCUT2D eigenvalue weighted by molar-refractivity contribution is 7.89. The molecule has 100 valence electrons. The molecule has 0 amide bonds. The van der Waals surface area contributed by atoms with Crippen LogP contribution in [0.5, 0.6) is 0 Å². The zero-order valence-corrected chi connectivity index (χ0v) is 11.0. The summed E-state index contributed by atoms with van der Waals surface area (Å²) >= 11 is 0. The number of methoxy groups -OCH3 is 1. The van der Waals surface area contributed by atoms with Gasteiger partial charge in [-0.1, -0.05) is 12.1 Å². The van der Waals surface area contributed by atoms with E-state index < -0.39 is 22.0 Å². The van der Waals surface area contributed by atoms with Crippen molar-refractivity contribution in [2.24, 2.45) is 5.73 Å². The van der Waals surface area contributed by atoms with Crippen LogP contribution in [-0.4, -0.2) is 34.1 Å². The molecule has 0 aliphatic rings. The average Bonchev–Trinajstić information content (AvgIpc) is 2.37. The Morgan fingerprint density at radius 3 is 2.61 bits per heavy atom. The topological polar surface area (TPSA) is 98.5 Å². The van der Waals surface area contributed by atoms with E-state index in [-0.39, 0.29) is 17.0 Å². The molecule has 0 spiro atoms. The molecule has 0 fully saturated rings. The highest BCUT2D eigenvalue weighted by Gasteiger charge is 2.23. The Morgan fingerprint density at radius 1 is 1.44 bits per heavy atom. The van der Waals surface area contributed by atoms with Gasteiger partial charge in [0.05, 0.1) is 17.6 Å². The smallest absolute Gasteiger partial charge is 0.339 e. The number of carbonyl (C=O) groups is 1. The summed E-state index contributed by atoms with van der Waals surface area (Å²) in [7, 11) is -2.59. The number of rotatable bonds is 5. The first kappa shape index (κ1) is 14.6. The van der Waals surface area contributed by atoms with E-state index >= 15 is 0 Å². The maximum atomic E-state index is 12.1. The molecule has 7 heteroatoms. The maximum absolute atomic E-state index is 12.1. The standard InChI is InChI=1S/C11H16N2O4S/c1-8(7-12)13-18(15,16)10-6-4-3-5-9(10)11(14)17-2/h3-6,8,13H,7,12H2,1-2H3/t8-/m1/s1. The quantitative estimate of drug-likeness (QED) is 0.741. The molecule has 0 unspecified atom stereocenters. The van der Waals surface area contributed by atoms with Crippen LogP contribution in [0.2, 0.25) is 0 Å². The van der Waals surface area contributed by atoms with E-state index in [4.69, 9.17) is 5.73 Å². The lowest BCUT2D eigenvalue weighted by Crippen LogP contribution is -2.38. The Balaban J connectivity index is 3.20. The van der Waals surface area contributed by atoms with Gasteiger partial charge < -0.3 is 10.5 Å². The average molecular weight is 272 g/mol. The van der Waals surface area contributed by atoms with Crippen LogP contribution in [0, 0.1) is 0 Å². The number of carbonyl (C=O) groups excluding carboxylic acids is 1. The van der Waals surface area contributed by atoms with Gasteiger partial charge in [-0.3, -0.25) is 0 Å². The first-order chi connectivity index (χ1) is 8.42. The molecule has 1 rings (SSSR count). The lowest BCUT2D eigenvalue weighted by Gasteiger charge is -2.13. The van der Waals surface area contributed by atoms with Crippen LogP contribution >= 0.6 is 0 Å². The number of ether oxygens (including phenoxy) is 1. The Bertz CT molecular complexity index is 528. The molecule has 0 aliphatic carbocycles. The van der Waals surface area contributed by atoms with Crippen LogP contribution in [0.15, 0.2) is 29.2 Å². The second-order valence-corrected chi connectivity index (χ2v) is 5.43. The molecule has 0 heterocycles. The van der Waals surface area contributed by atoms with Crippen LogP contribution in [0.25, 0.3) is 0 Å². The second-order valence-electron chi connectivity index (χ2n) is 3.75. The summed E-state index contributed by atoms with van der Waals surface area (Å²) in [5.41, 5.74) is 5.36. The molecule has 0 saturated heterocycles. The fraction of sp³-hybridized carbons (Fsp3) is 0.364. The molecule has 1 atom stereocenters. The highest BCUT2D eigenvalue weighted by Crippen LogP contribution is 2.16. The number of benzene rings is 1. The van der Waals surface area contributed by atoms with Crippen molar-refractivity contribution in [1.29, 1.82) is 0 Å². The van der Waals surface area contributed by atoms with E-state index in [0.29, 0.717) is 0 Å². The second kappa shape index (κ2) is 5.94. The summed E-state index contributed by atoms with van der Waals surface area (Å²) in [5.74, 6) is -0.698. The lowest BCUT2D eigenvalue weighted by atomic mass is 10.2. The van der Waals surface area contributed by atoms with Crippen molar-refractivity contribution >= 4 is 16.0 Å². The van der Waals surface area contributed by atoms with Gasteiger partial charge in [-0.05, 0) is 19.1 Å². The summed E-state index contributed by atoms with van der Waals surface area (Å²) in [6, 6.07) is 5.43. The van der Waals surface area contributed by atoms with Crippen molar-refractivity contribution < 1.29 is 17.9 Å². The molecule has 0 saturated carbocycles. The zero-order valence-electron chi connectivity index (χ0n) is 10.2. The fourth-order valence-corrected chi connectivity index (χ4v) is 2.81. The van der Waals surface area contributed by atoms with Crippen molar-refractivity contribution in [2.75, 3.05) is 13.7 Å². The van der Waals surface area contributed by atoms with Gasteiger partial charge in [0.1, 0.15) is 0 Å². The number of esters is 1. The number of nitrogens with two attached hydrogens (primary N) is 1. The van der Waals surface area contributed by atoms with Gasteiger partial charge in [0, 0.05) is 12.6 Å².